The molecule has 5 heteroatoms. The van der Waals surface area contributed by atoms with Crippen LogP contribution >= 0.6 is 11.6 Å². The van der Waals surface area contributed by atoms with Gasteiger partial charge in [-0.3, -0.25) is 0 Å². The summed E-state index contributed by atoms with van der Waals surface area (Å²) in [6, 6.07) is 8.06. The highest BCUT2D eigenvalue weighted by molar-refractivity contribution is 6.31. The van der Waals surface area contributed by atoms with E-state index in [1.807, 2.05) is 0 Å². The molecule has 0 spiro atoms. The number of nitrogens with one attached hydrogen (secondary N) is 1. The average Bonchev–Trinajstić information content (AvgIpc) is 2.21. The Labute approximate surface area is 102 Å². The summed E-state index contributed by atoms with van der Waals surface area (Å²) in [5.74, 6) is -1.30. The molecule has 0 aromatic heterocycles. The Hall–Kier alpha value is -1.81. The molecule has 0 aliphatic heterocycles. The third-order valence-electron chi connectivity index (χ3n) is 2.13. The number of rotatable bonds is 2. The normalized spacial score (nSPS) is 10.3. The Bertz CT molecular complexity index is 538. The lowest BCUT2D eigenvalue weighted by Gasteiger charge is -2.08. The third-order valence-corrected chi connectivity index (χ3v) is 2.35. The van der Waals surface area contributed by atoms with Crippen molar-refractivity contribution in [1.82, 2.24) is 0 Å². The molecule has 0 saturated heterocycles. The fraction of sp³-hybridized carbons (Fsp3) is 0. The van der Waals surface area contributed by atoms with Gasteiger partial charge in [0.25, 0.3) is 0 Å². The Balaban J connectivity index is 2.31. The lowest BCUT2D eigenvalue weighted by molar-refractivity contribution is 0.586. The minimum absolute atomic E-state index is 0.160. The van der Waals surface area contributed by atoms with E-state index >= 15 is 0 Å². The van der Waals surface area contributed by atoms with E-state index in [1.165, 1.54) is 12.1 Å². The van der Waals surface area contributed by atoms with Crippen LogP contribution in [0.2, 0.25) is 5.02 Å². The van der Waals surface area contributed by atoms with Crippen molar-refractivity contribution in [3.05, 3.63) is 53.1 Å². The first kappa shape index (κ1) is 11.7. The van der Waals surface area contributed by atoms with Gasteiger partial charge in [-0.05, 0) is 30.3 Å². The zero-order valence-electron chi connectivity index (χ0n) is 8.68. The molecular weight excluding hydrogens is 246 g/mol. The Morgan fingerprint density at radius 1 is 1.06 bits per heavy atom. The van der Waals surface area contributed by atoms with Crippen molar-refractivity contribution in [2.75, 3.05) is 11.1 Å². The van der Waals surface area contributed by atoms with E-state index in [2.05, 4.69) is 5.32 Å². The number of benzene rings is 2. The molecule has 0 atom stereocenters. The monoisotopic (exact) mass is 254 g/mol. The lowest BCUT2D eigenvalue weighted by atomic mass is 10.2. The summed E-state index contributed by atoms with van der Waals surface area (Å²) in [7, 11) is 0. The summed E-state index contributed by atoms with van der Waals surface area (Å²) in [6.07, 6.45) is 0. The molecular formula is C12H9ClF2N2. The molecule has 2 rings (SSSR count). The van der Waals surface area contributed by atoms with Crippen LogP contribution in [0.5, 0.6) is 0 Å². The van der Waals surface area contributed by atoms with Gasteiger partial charge in [0.1, 0.15) is 11.6 Å². The molecule has 0 fully saturated rings. The number of hydrogen-bond donors (Lipinski definition) is 2. The number of halogens is 3. The SMILES string of the molecule is Nc1cc(Cl)cc(Nc2ccc(F)cc2F)c1. The van der Waals surface area contributed by atoms with Crippen LogP contribution in [0.25, 0.3) is 0 Å². The summed E-state index contributed by atoms with van der Waals surface area (Å²) in [4.78, 5) is 0. The first-order valence-corrected chi connectivity index (χ1v) is 5.20. The number of nitrogen functional groups attached to an aromatic ring is 1. The van der Waals surface area contributed by atoms with Gasteiger partial charge in [0.05, 0.1) is 5.69 Å². The summed E-state index contributed by atoms with van der Waals surface area (Å²) in [5.41, 5.74) is 6.76. The van der Waals surface area contributed by atoms with Crippen LogP contribution in [-0.2, 0) is 0 Å². The van der Waals surface area contributed by atoms with Gasteiger partial charge in [-0.15, -0.1) is 0 Å². The molecule has 0 unspecified atom stereocenters. The summed E-state index contributed by atoms with van der Waals surface area (Å²) < 4.78 is 26.1. The number of anilines is 3. The van der Waals surface area contributed by atoms with E-state index in [9.17, 15) is 8.78 Å². The van der Waals surface area contributed by atoms with Crippen molar-refractivity contribution in [3.63, 3.8) is 0 Å². The van der Waals surface area contributed by atoms with Gasteiger partial charge < -0.3 is 11.1 Å². The van der Waals surface area contributed by atoms with Gasteiger partial charge in [-0.2, -0.15) is 0 Å². The second-order valence-electron chi connectivity index (χ2n) is 3.52. The van der Waals surface area contributed by atoms with Gasteiger partial charge in [-0.25, -0.2) is 8.78 Å². The number of hydrogen-bond acceptors (Lipinski definition) is 2. The Morgan fingerprint density at radius 3 is 2.47 bits per heavy atom. The van der Waals surface area contributed by atoms with Crippen LogP contribution in [0.3, 0.4) is 0 Å². The third kappa shape index (κ3) is 2.85. The Morgan fingerprint density at radius 2 is 1.82 bits per heavy atom. The topological polar surface area (TPSA) is 38.0 Å². The molecule has 88 valence electrons. The van der Waals surface area contributed by atoms with Crippen molar-refractivity contribution in [3.8, 4) is 0 Å². The standard InChI is InChI=1S/C12H9ClF2N2/c13-7-3-9(16)6-10(4-7)17-12-2-1-8(14)5-11(12)15/h1-6,17H,16H2. The van der Waals surface area contributed by atoms with Crippen LogP contribution in [0, 0.1) is 11.6 Å². The molecule has 2 aromatic rings. The fourth-order valence-corrected chi connectivity index (χ4v) is 1.67. The van der Waals surface area contributed by atoms with Crippen molar-refractivity contribution in [2.24, 2.45) is 0 Å². The molecule has 0 amide bonds. The van der Waals surface area contributed by atoms with Crippen LogP contribution in [0.15, 0.2) is 36.4 Å². The molecule has 17 heavy (non-hydrogen) atoms. The minimum atomic E-state index is -0.677. The maximum atomic E-state index is 13.4. The molecule has 0 saturated carbocycles. The lowest BCUT2D eigenvalue weighted by Crippen LogP contribution is -1.95. The van der Waals surface area contributed by atoms with Crippen LogP contribution < -0.4 is 11.1 Å². The second-order valence-corrected chi connectivity index (χ2v) is 3.96. The molecule has 0 aliphatic rings. The van der Waals surface area contributed by atoms with Gasteiger partial charge in [-0.1, -0.05) is 11.6 Å². The predicted octanol–water partition coefficient (Wildman–Crippen LogP) is 3.94. The maximum absolute atomic E-state index is 13.4. The molecule has 0 aliphatic carbocycles. The van der Waals surface area contributed by atoms with E-state index in [1.54, 1.807) is 18.2 Å². The number of nitrogens with two attached hydrogens (primary N) is 1. The van der Waals surface area contributed by atoms with Gasteiger partial charge in [0.2, 0.25) is 0 Å². The maximum Gasteiger partial charge on any atom is 0.149 e. The molecule has 0 heterocycles. The highest BCUT2D eigenvalue weighted by atomic mass is 35.5. The molecule has 2 nitrogen and oxygen atoms in total. The van der Waals surface area contributed by atoms with Crippen LogP contribution in [0.4, 0.5) is 25.8 Å². The molecule has 0 radical (unpaired) electrons. The largest absolute Gasteiger partial charge is 0.399 e. The average molecular weight is 255 g/mol. The van der Waals surface area contributed by atoms with Crippen molar-refractivity contribution < 1.29 is 8.78 Å². The zero-order valence-corrected chi connectivity index (χ0v) is 9.43. The van der Waals surface area contributed by atoms with Gasteiger partial charge in [0.15, 0.2) is 0 Å². The fourth-order valence-electron chi connectivity index (χ4n) is 1.43. The molecule has 0 bridgehead atoms. The first-order valence-electron chi connectivity index (χ1n) is 4.83. The van der Waals surface area contributed by atoms with Crippen LogP contribution in [-0.4, -0.2) is 0 Å². The predicted molar refractivity (Wildman–Crippen MR) is 65.5 cm³/mol. The highest BCUT2D eigenvalue weighted by Gasteiger charge is 2.04. The van der Waals surface area contributed by atoms with Crippen LogP contribution in [0.1, 0.15) is 0 Å². The van der Waals surface area contributed by atoms with Gasteiger partial charge >= 0.3 is 0 Å². The van der Waals surface area contributed by atoms with E-state index in [0.717, 1.165) is 6.07 Å². The smallest absolute Gasteiger partial charge is 0.149 e. The first-order chi connectivity index (χ1) is 8.04. The van der Waals surface area contributed by atoms with Crippen molar-refractivity contribution >= 4 is 28.7 Å². The molecule has 2 aromatic carbocycles. The molecule has 3 N–H and O–H groups in total. The highest BCUT2D eigenvalue weighted by Crippen LogP contribution is 2.25. The minimum Gasteiger partial charge on any atom is -0.399 e. The van der Waals surface area contributed by atoms with Crippen molar-refractivity contribution in [2.45, 2.75) is 0 Å². The summed E-state index contributed by atoms with van der Waals surface area (Å²) in [5, 5.41) is 3.21. The summed E-state index contributed by atoms with van der Waals surface area (Å²) >= 11 is 5.81. The Kier molecular flexibility index (Phi) is 3.15. The quantitative estimate of drug-likeness (QED) is 0.797. The van der Waals surface area contributed by atoms with E-state index in [4.69, 9.17) is 17.3 Å². The second kappa shape index (κ2) is 4.59. The van der Waals surface area contributed by atoms with E-state index in [-0.39, 0.29) is 5.69 Å². The van der Waals surface area contributed by atoms with Gasteiger partial charge in [0, 0.05) is 22.5 Å². The van der Waals surface area contributed by atoms with Crippen molar-refractivity contribution in [1.29, 1.82) is 0 Å². The zero-order chi connectivity index (χ0) is 12.4. The van der Waals surface area contributed by atoms with E-state index < -0.39 is 11.6 Å². The van der Waals surface area contributed by atoms with E-state index in [0.29, 0.717) is 16.4 Å². The summed E-state index contributed by atoms with van der Waals surface area (Å²) in [6.45, 7) is 0.